The van der Waals surface area contributed by atoms with Gasteiger partial charge in [-0.3, -0.25) is 8.97 Å². The number of aromatic nitrogens is 2. The molecular formula is C22H21F3N6O4S+. The summed E-state index contributed by atoms with van der Waals surface area (Å²) in [6.07, 6.45) is -0.103. The maximum absolute atomic E-state index is 13.9. The third kappa shape index (κ3) is 3.94. The van der Waals surface area contributed by atoms with Gasteiger partial charge in [-0.25, -0.2) is 22.5 Å². The Morgan fingerprint density at radius 2 is 1.97 bits per heavy atom. The van der Waals surface area contributed by atoms with Crippen molar-refractivity contribution in [3.8, 4) is 5.69 Å². The average molecular weight is 523 g/mol. The fourth-order valence-electron chi connectivity index (χ4n) is 4.32. The van der Waals surface area contributed by atoms with E-state index in [-0.39, 0.29) is 0 Å². The predicted octanol–water partition coefficient (Wildman–Crippen LogP) is 2.30. The Morgan fingerprint density at radius 1 is 1.22 bits per heavy atom. The second-order valence-corrected chi connectivity index (χ2v) is 10.6. The lowest BCUT2D eigenvalue weighted by molar-refractivity contribution is -0.478. The largest absolute Gasteiger partial charge is 0.418 e. The van der Waals surface area contributed by atoms with Crippen LogP contribution in [0, 0.1) is 6.17 Å². The Kier molecular flexibility index (Phi) is 5.65. The minimum atomic E-state index is -4.89. The van der Waals surface area contributed by atoms with Crippen LogP contribution in [0.5, 0.6) is 0 Å². The molecule has 14 heteroatoms. The maximum Gasteiger partial charge on any atom is 0.418 e. The van der Waals surface area contributed by atoms with Crippen molar-refractivity contribution < 1.29 is 30.9 Å². The van der Waals surface area contributed by atoms with Crippen LogP contribution < -0.4 is 10.4 Å². The van der Waals surface area contributed by atoms with Crippen molar-refractivity contribution in [1.82, 2.24) is 13.7 Å². The van der Waals surface area contributed by atoms with Crippen LogP contribution in [0.4, 0.5) is 13.2 Å². The molecule has 1 radical (unpaired) electrons. The first kappa shape index (κ1) is 24.3. The molecular weight excluding hydrogens is 501 g/mol. The molecule has 4 heterocycles. The molecule has 2 aromatic heterocycles. The molecule has 0 spiro atoms. The molecule has 1 aromatic carbocycles. The van der Waals surface area contributed by atoms with Crippen LogP contribution in [0.25, 0.3) is 11.2 Å². The molecule has 0 bridgehead atoms. The number of nitrogens with zero attached hydrogens (tertiary/aromatic N) is 5. The summed E-state index contributed by atoms with van der Waals surface area (Å²) in [6, 6.07) is 7.40. The molecule has 5 rings (SSSR count). The molecule has 3 aromatic rings. The van der Waals surface area contributed by atoms with E-state index in [1.54, 1.807) is 29.1 Å². The van der Waals surface area contributed by atoms with Crippen molar-refractivity contribution >= 4 is 21.9 Å². The van der Waals surface area contributed by atoms with Gasteiger partial charge in [-0.2, -0.15) is 13.2 Å². The number of imidazole rings is 1. The van der Waals surface area contributed by atoms with E-state index < -0.39 is 43.3 Å². The fourth-order valence-corrected chi connectivity index (χ4v) is 5.07. The van der Waals surface area contributed by atoms with Gasteiger partial charge in [-0.15, -0.1) is 0 Å². The number of ether oxygens (including phenoxy) is 1. The third-order valence-electron chi connectivity index (χ3n) is 6.42. The van der Waals surface area contributed by atoms with Crippen molar-refractivity contribution in [2.24, 2.45) is 10.2 Å². The van der Waals surface area contributed by atoms with Gasteiger partial charge in [0.1, 0.15) is 0 Å². The molecule has 2 aliphatic rings. The van der Waals surface area contributed by atoms with E-state index in [9.17, 15) is 26.4 Å². The average Bonchev–Trinajstić information content (AvgIpc) is 3.37. The number of hydrogen-bond acceptors (Lipinski definition) is 6. The lowest BCUT2D eigenvalue weighted by Gasteiger charge is -2.42. The summed E-state index contributed by atoms with van der Waals surface area (Å²) in [5.41, 5.74) is -1.83. The molecule has 0 atom stereocenters. The molecule has 36 heavy (non-hydrogen) atoms. The van der Waals surface area contributed by atoms with Gasteiger partial charge in [0.25, 0.3) is 0 Å². The topological polar surface area (TPSA) is 110 Å². The van der Waals surface area contributed by atoms with Gasteiger partial charge in [0.15, 0.2) is 0 Å². The Balaban J connectivity index is 1.63. The minimum Gasteiger partial charge on any atom is -0.379 e. The van der Waals surface area contributed by atoms with Crippen molar-refractivity contribution in [2.45, 2.75) is 22.9 Å². The van der Waals surface area contributed by atoms with Crippen molar-refractivity contribution in [1.29, 1.82) is 0 Å². The first-order chi connectivity index (χ1) is 16.9. The number of nitrogens with one attached hydrogen (secondary N) is 1. The summed E-state index contributed by atoms with van der Waals surface area (Å²) in [7, 11) is -1.34. The second kappa shape index (κ2) is 8.35. The van der Waals surface area contributed by atoms with E-state index in [1.807, 2.05) is 17.8 Å². The number of pyridine rings is 1. The van der Waals surface area contributed by atoms with Crippen LogP contribution in [-0.4, -0.2) is 55.6 Å². The third-order valence-corrected chi connectivity index (χ3v) is 7.80. The highest BCUT2D eigenvalue weighted by Gasteiger charge is 2.46. The molecule has 1 fully saturated rings. The zero-order valence-corrected chi connectivity index (χ0v) is 20.0. The molecule has 0 amide bonds. The van der Waals surface area contributed by atoms with Gasteiger partial charge < -0.3 is 4.74 Å². The lowest BCUT2D eigenvalue weighted by Crippen LogP contribution is -2.48. The quantitative estimate of drug-likeness (QED) is 0.501. The number of benzene rings is 1. The van der Waals surface area contributed by atoms with Crippen molar-refractivity contribution in [3.05, 3.63) is 70.5 Å². The highest BCUT2D eigenvalue weighted by Crippen LogP contribution is 2.41. The molecule has 1 saturated heterocycles. The molecule has 0 aliphatic carbocycles. The summed E-state index contributed by atoms with van der Waals surface area (Å²) in [6.45, 7) is 0.804. The lowest BCUT2D eigenvalue weighted by atomic mass is 9.75. The summed E-state index contributed by atoms with van der Waals surface area (Å²) >= 11 is 0. The zero-order valence-electron chi connectivity index (χ0n) is 19.2. The molecule has 10 nitrogen and oxygen atoms in total. The Bertz CT molecular complexity index is 1590. The molecule has 189 valence electrons. The standard InChI is InChI=1S/C22H21F3N6O4S/c1-26-36(33,34)16-7-17(22(23,24)25)18-10-30(20(32)31(18)9-16)15-5-3-4-14(6-15)21(11-35-12-21)8-19-28-27-13-29(19)2/h3-7,9-10,13,26H,8,11-12H2,1-2H3/q+1. The van der Waals surface area contributed by atoms with Crippen molar-refractivity contribution in [3.63, 3.8) is 0 Å². The fraction of sp³-hybridized carbons (Fsp3) is 0.318. The Labute approximate surface area is 203 Å². The summed E-state index contributed by atoms with van der Waals surface area (Å²) in [4.78, 5) is 12.5. The number of fused-ring (bicyclic) bond motifs is 1. The number of rotatable bonds is 6. The van der Waals surface area contributed by atoms with E-state index >= 15 is 0 Å². The smallest absolute Gasteiger partial charge is 0.379 e. The monoisotopic (exact) mass is 522 g/mol. The molecule has 2 aliphatic heterocycles. The minimum absolute atomic E-state index is 0.330. The van der Waals surface area contributed by atoms with E-state index in [2.05, 4.69) is 10.2 Å². The van der Waals surface area contributed by atoms with Gasteiger partial charge in [-0.1, -0.05) is 12.1 Å². The Hall–Kier alpha value is -3.36. The molecule has 1 N–H and O–H groups in total. The van der Waals surface area contributed by atoms with Gasteiger partial charge in [0, 0.05) is 24.2 Å². The van der Waals surface area contributed by atoms with Gasteiger partial charge in [-0.05, 0) is 35.9 Å². The van der Waals surface area contributed by atoms with Crippen LogP contribution >= 0.6 is 0 Å². The normalized spacial score (nSPS) is 18.0. The number of hydrogen-bond donors (Lipinski definition) is 1. The Morgan fingerprint density at radius 3 is 2.56 bits per heavy atom. The van der Waals surface area contributed by atoms with Gasteiger partial charge in [0.05, 0.1) is 47.0 Å². The highest BCUT2D eigenvalue weighted by molar-refractivity contribution is 7.89. The van der Waals surface area contributed by atoms with E-state index in [4.69, 9.17) is 4.74 Å². The van der Waals surface area contributed by atoms with Crippen molar-refractivity contribution in [2.75, 3.05) is 27.3 Å². The number of azo groups is 1. The first-order valence-corrected chi connectivity index (χ1v) is 12.2. The summed E-state index contributed by atoms with van der Waals surface area (Å²) in [5.74, 6) is 0. The van der Waals surface area contributed by atoms with Crippen LogP contribution in [0.15, 0.2) is 62.6 Å². The van der Waals surface area contributed by atoms with E-state index in [1.165, 1.54) is 0 Å². The van der Waals surface area contributed by atoms with Gasteiger partial charge >= 0.3 is 24.4 Å². The second-order valence-electron chi connectivity index (χ2n) is 8.69. The van der Waals surface area contributed by atoms with Crippen LogP contribution in [0.2, 0.25) is 0 Å². The molecule has 0 saturated carbocycles. The summed E-state index contributed by atoms with van der Waals surface area (Å²) in [5, 5.41) is 8.04. The van der Waals surface area contributed by atoms with E-state index in [0.29, 0.717) is 35.8 Å². The number of sulfonamides is 1. The van der Waals surface area contributed by atoms with Gasteiger partial charge in [0.2, 0.25) is 10.0 Å². The first-order valence-electron chi connectivity index (χ1n) is 10.8. The van der Waals surface area contributed by atoms with E-state index in [0.717, 1.165) is 35.7 Å². The maximum atomic E-state index is 13.9. The summed E-state index contributed by atoms with van der Waals surface area (Å²) < 4.78 is 77.1. The zero-order chi connectivity index (χ0) is 25.9. The number of halogens is 3. The highest BCUT2D eigenvalue weighted by atomic mass is 32.2. The predicted molar refractivity (Wildman–Crippen MR) is 122 cm³/mol. The SMILES string of the molecule is CNS(=O)(=O)c1cc(C(F)(F)F)c2cn(-c3cccc(C4(C[C]5N=NC=[N+]5C)COC4)c3)c(=O)n2c1. The van der Waals surface area contributed by atoms with Crippen LogP contribution in [0.3, 0.4) is 0 Å². The van der Waals surface area contributed by atoms with Crippen LogP contribution in [-0.2, 0) is 26.4 Å². The van der Waals surface area contributed by atoms with Crippen LogP contribution in [0.1, 0.15) is 17.5 Å². The number of alkyl halides is 3. The molecule has 0 unspecified atom stereocenters.